The molecule has 29 heavy (non-hydrogen) atoms. The quantitative estimate of drug-likeness (QED) is 0.718. The number of anilines is 2. The van der Waals surface area contributed by atoms with Crippen molar-refractivity contribution in [1.82, 2.24) is 4.90 Å². The van der Waals surface area contributed by atoms with Gasteiger partial charge in [-0.3, -0.25) is 4.79 Å². The average molecular weight is 416 g/mol. The number of amides is 3. The molecule has 2 aromatic rings. The molecule has 152 valence electrons. The van der Waals surface area contributed by atoms with Crippen LogP contribution in [0.25, 0.3) is 0 Å². The van der Waals surface area contributed by atoms with Gasteiger partial charge in [0, 0.05) is 22.9 Å². The van der Waals surface area contributed by atoms with Crippen LogP contribution in [0.1, 0.15) is 30.1 Å². The molecule has 1 aliphatic rings. The van der Waals surface area contributed by atoms with Crippen molar-refractivity contribution in [2.24, 2.45) is 0 Å². The van der Waals surface area contributed by atoms with Crippen LogP contribution >= 0.6 is 11.6 Å². The lowest BCUT2D eigenvalue weighted by atomic mass is 10.1. The van der Waals surface area contributed by atoms with Gasteiger partial charge in [-0.1, -0.05) is 17.7 Å². The lowest BCUT2D eigenvalue weighted by Gasteiger charge is -2.24. The van der Waals surface area contributed by atoms with Gasteiger partial charge in [0.1, 0.15) is 6.04 Å². The van der Waals surface area contributed by atoms with Gasteiger partial charge in [-0.15, -0.1) is 0 Å². The molecule has 0 spiro atoms. The molecule has 7 nitrogen and oxygen atoms in total. The molecule has 2 aromatic carbocycles. The first-order chi connectivity index (χ1) is 14.0. The molecule has 3 rings (SSSR count). The molecule has 8 heteroatoms. The minimum atomic E-state index is -0.570. The second kappa shape index (κ2) is 9.43. The third-order valence-corrected chi connectivity index (χ3v) is 4.79. The third kappa shape index (κ3) is 5.26. The Labute approximate surface area is 174 Å². The topological polar surface area (TPSA) is 87.7 Å². The number of carbonyl (C=O) groups is 3. The molecular formula is C21H22ClN3O4. The van der Waals surface area contributed by atoms with E-state index in [0.29, 0.717) is 41.5 Å². The zero-order valence-electron chi connectivity index (χ0n) is 16.0. The molecule has 0 unspecified atom stereocenters. The Morgan fingerprint density at radius 3 is 2.55 bits per heavy atom. The number of hydrogen-bond donors (Lipinski definition) is 2. The maximum atomic E-state index is 12.7. The molecule has 0 radical (unpaired) electrons. The molecule has 1 saturated heterocycles. The SMILES string of the molecule is CCOC(=O)c1ccc(NC(=O)[C@H]2CCCN2C(=O)Nc2cccc(Cl)c2)cc1. The fourth-order valence-corrected chi connectivity index (χ4v) is 3.36. The molecule has 2 N–H and O–H groups in total. The first-order valence-corrected chi connectivity index (χ1v) is 9.77. The molecule has 0 aromatic heterocycles. The summed E-state index contributed by atoms with van der Waals surface area (Å²) in [6, 6.07) is 12.4. The number of esters is 1. The van der Waals surface area contributed by atoms with E-state index in [1.807, 2.05) is 0 Å². The van der Waals surface area contributed by atoms with Crippen LogP contribution in [0.3, 0.4) is 0 Å². The second-order valence-electron chi connectivity index (χ2n) is 6.58. The van der Waals surface area contributed by atoms with E-state index in [4.69, 9.17) is 16.3 Å². The monoisotopic (exact) mass is 415 g/mol. The van der Waals surface area contributed by atoms with Gasteiger partial charge in [0.15, 0.2) is 0 Å². The molecular weight excluding hydrogens is 394 g/mol. The average Bonchev–Trinajstić information content (AvgIpc) is 3.19. The Kier molecular flexibility index (Phi) is 6.72. The van der Waals surface area contributed by atoms with Crippen molar-refractivity contribution in [2.75, 3.05) is 23.8 Å². The maximum Gasteiger partial charge on any atom is 0.338 e. The highest BCUT2D eigenvalue weighted by molar-refractivity contribution is 6.30. The number of nitrogens with zero attached hydrogens (tertiary/aromatic N) is 1. The number of benzene rings is 2. The van der Waals surface area contributed by atoms with Crippen LogP contribution in [-0.2, 0) is 9.53 Å². The maximum absolute atomic E-state index is 12.7. The zero-order valence-corrected chi connectivity index (χ0v) is 16.7. The van der Waals surface area contributed by atoms with Crippen LogP contribution in [0, 0.1) is 0 Å². The number of carbonyl (C=O) groups excluding carboxylic acids is 3. The van der Waals surface area contributed by atoms with E-state index in [1.54, 1.807) is 55.5 Å². The van der Waals surface area contributed by atoms with Crippen LogP contribution in [0.4, 0.5) is 16.2 Å². The largest absolute Gasteiger partial charge is 0.462 e. The second-order valence-corrected chi connectivity index (χ2v) is 7.02. The smallest absolute Gasteiger partial charge is 0.338 e. The van der Waals surface area contributed by atoms with Gasteiger partial charge in [-0.25, -0.2) is 9.59 Å². The summed E-state index contributed by atoms with van der Waals surface area (Å²) in [6.45, 7) is 2.53. The van der Waals surface area contributed by atoms with E-state index in [1.165, 1.54) is 4.90 Å². The lowest BCUT2D eigenvalue weighted by molar-refractivity contribution is -0.119. The zero-order chi connectivity index (χ0) is 20.8. The molecule has 1 fully saturated rings. The van der Waals surface area contributed by atoms with E-state index in [-0.39, 0.29) is 11.9 Å². The highest BCUT2D eigenvalue weighted by atomic mass is 35.5. The fraction of sp³-hybridized carbons (Fsp3) is 0.286. The molecule has 1 aliphatic heterocycles. The van der Waals surface area contributed by atoms with Crippen molar-refractivity contribution in [3.63, 3.8) is 0 Å². The summed E-state index contributed by atoms with van der Waals surface area (Å²) in [5.74, 6) is -0.683. The Morgan fingerprint density at radius 1 is 1.10 bits per heavy atom. The van der Waals surface area contributed by atoms with Crippen molar-refractivity contribution >= 4 is 40.9 Å². The first kappa shape index (κ1) is 20.7. The molecule has 1 heterocycles. The van der Waals surface area contributed by atoms with Crippen LogP contribution in [0.15, 0.2) is 48.5 Å². The van der Waals surface area contributed by atoms with Gasteiger partial charge in [0.05, 0.1) is 12.2 Å². The highest BCUT2D eigenvalue weighted by Crippen LogP contribution is 2.22. The van der Waals surface area contributed by atoms with Crippen LogP contribution in [0.2, 0.25) is 5.02 Å². The van der Waals surface area contributed by atoms with Crippen molar-refractivity contribution in [3.05, 3.63) is 59.1 Å². The number of halogens is 1. The van der Waals surface area contributed by atoms with E-state index >= 15 is 0 Å². The first-order valence-electron chi connectivity index (χ1n) is 9.39. The normalized spacial score (nSPS) is 15.7. The summed E-state index contributed by atoms with van der Waals surface area (Å²) < 4.78 is 4.94. The molecule has 0 aliphatic carbocycles. The molecule has 0 saturated carbocycles. The number of urea groups is 1. The Balaban J connectivity index is 1.62. The van der Waals surface area contributed by atoms with Crippen LogP contribution in [0.5, 0.6) is 0 Å². The summed E-state index contributed by atoms with van der Waals surface area (Å²) in [6.07, 6.45) is 1.32. The van der Waals surface area contributed by atoms with E-state index in [9.17, 15) is 14.4 Å². The van der Waals surface area contributed by atoms with Gasteiger partial charge in [-0.2, -0.15) is 0 Å². The number of ether oxygens (including phenoxy) is 1. The Bertz CT molecular complexity index is 901. The van der Waals surface area contributed by atoms with Gasteiger partial charge in [0.25, 0.3) is 0 Å². The Morgan fingerprint density at radius 2 is 1.86 bits per heavy atom. The van der Waals surface area contributed by atoms with Gasteiger partial charge in [0.2, 0.25) is 5.91 Å². The lowest BCUT2D eigenvalue weighted by Crippen LogP contribution is -2.45. The third-order valence-electron chi connectivity index (χ3n) is 4.56. The summed E-state index contributed by atoms with van der Waals surface area (Å²) in [5, 5.41) is 6.10. The van der Waals surface area contributed by atoms with Crippen molar-refractivity contribution in [1.29, 1.82) is 0 Å². The van der Waals surface area contributed by atoms with E-state index in [0.717, 1.165) is 6.42 Å². The summed E-state index contributed by atoms with van der Waals surface area (Å²) in [7, 11) is 0. The van der Waals surface area contributed by atoms with Gasteiger partial charge in [-0.05, 0) is 62.2 Å². The molecule has 1 atom stereocenters. The predicted molar refractivity (Wildman–Crippen MR) is 111 cm³/mol. The van der Waals surface area contributed by atoms with Crippen molar-refractivity contribution < 1.29 is 19.1 Å². The van der Waals surface area contributed by atoms with Crippen molar-refractivity contribution in [2.45, 2.75) is 25.8 Å². The van der Waals surface area contributed by atoms with Crippen molar-refractivity contribution in [3.8, 4) is 0 Å². The van der Waals surface area contributed by atoms with E-state index < -0.39 is 12.0 Å². The number of nitrogens with one attached hydrogen (secondary N) is 2. The number of likely N-dealkylation sites (tertiary alicyclic amines) is 1. The molecule has 0 bridgehead atoms. The van der Waals surface area contributed by atoms with E-state index in [2.05, 4.69) is 10.6 Å². The number of rotatable bonds is 5. The number of hydrogen-bond acceptors (Lipinski definition) is 4. The summed E-state index contributed by atoms with van der Waals surface area (Å²) >= 11 is 5.95. The fourth-order valence-electron chi connectivity index (χ4n) is 3.17. The minimum absolute atomic E-state index is 0.271. The summed E-state index contributed by atoms with van der Waals surface area (Å²) in [4.78, 5) is 38.6. The highest BCUT2D eigenvalue weighted by Gasteiger charge is 2.34. The van der Waals surface area contributed by atoms with Gasteiger partial charge >= 0.3 is 12.0 Å². The van der Waals surface area contributed by atoms with Gasteiger partial charge < -0.3 is 20.3 Å². The van der Waals surface area contributed by atoms with Crippen LogP contribution in [-0.4, -0.2) is 42.0 Å². The minimum Gasteiger partial charge on any atom is -0.462 e. The molecule has 3 amide bonds. The van der Waals surface area contributed by atoms with Crippen LogP contribution < -0.4 is 10.6 Å². The predicted octanol–water partition coefficient (Wildman–Crippen LogP) is 4.15. The summed E-state index contributed by atoms with van der Waals surface area (Å²) in [5.41, 5.74) is 1.53. The Hall–Kier alpha value is -3.06. The standard InChI is InChI=1S/C21H22ClN3O4/c1-2-29-20(27)14-8-10-16(11-9-14)23-19(26)18-7-4-12-25(18)21(28)24-17-6-3-5-15(22)13-17/h3,5-6,8-11,13,18H,2,4,7,12H2,1H3,(H,23,26)(H,24,28)/t18-/m1/s1.